The predicted molar refractivity (Wildman–Crippen MR) is 90.2 cm³/mol. The Bertz CT molecular complexity index is 564. The highest BCUT2D eigenvalue weighted by atomic mass is 32.2. The molecule has 0 aliphatic rings. The number of thioether (sulfide) groups is 1. The Hall–Kier alpha value is -1.09. The summed E-state index contributed by atoms with van der Waals surface area (Å²) in [5.74, 6) is 0.318. The minimum atomic E-state index is -3.73. The maximum Gasteiger partial charge on any atom is 0.241 e. The zero-order valence-corrected chi connectivity index (χ0v) is 14.4. The fourth-order valence-electron chi connectivity index (χ4n) is 1.74. The number of carbonyl (C=O) groups excluding carboxylic acids is 1. The van der Waals surface area contributed by atoms with Crippen molar-refractivity contribution in [2.24, 2.45) is 5.73 Å². The van der Waals surface area contributed by atoms with E-state index in [2.05, 4.69) is 10.0 Å². The fourth-order valence-corrected chi connectivity index (χ4v) is 3.46. The normalized spacial score (nSPS) is 14.3. The Morgan fingerprint density at radius 1 is 1.32 bits per heavy atom. The van der Waals surface area contributed by atoms with Crippen molar-refractivity contribution in [2.75, 3.05) is 18.6 Å². The standard InChI is InChI=1S/C14H23N3O3S2/c1-11(10-15)16-14(18)13(8-9-21-2)17-22(19,20)12-6-4-3-5-7-12/h3-7,11,13,17H,8-10,15H2,1-2H3,(H,16,18)/t11-,13?/m0/s1. The van der Waals surface area contributed by atoms with E-state index < -0.39 is 16.1 Å². The van der Waals surface area contributed by atoms with Crippen LogP contribution in [-0.2, 0) is 14.8 Å². The average Bonchev–Trinajstić information content (AvgIpc) is 2.51. The molecule has 1 rings (SSSR count). The summed E-state index contributed by atoms with van der Waals surface area (Å²) in [5.41, 5.74) is 5.48. The zero-order chi connectivity index (χ0) is 16.6. The predicted octanol–water partition coefficient (Wildman–Crippen LogP) is 0.550. The topological polar surface area (TPSA) is 101 Å². The van der Waals surface area contributed by atoms with E-state index in [0.29, 0.717) is 18.7 Å². The van der Waals surface area contributed by atoms with Crippen LogP contribution in [0, 0.1) is 0 Å². The number of carbonyl (C=O) groups is 1. The molecule has 4 N–H and O–H groups in total. The van der Waals surface area contributed by atoms with Crippen molar-refractivity contribution in [3.05, 3.63) is 30.3 Å². The molecule has 0 saturated heterocycles. The molecule has 1 amide bonds. The van der Waals surface area contributed by atoms with Gasteiger partial charge in [0.25, 0.3) is 0 Å². The first-order valence-electron chi connectivity index (χ1n) is 6.97. The smallest absolute Gasteiger partial charge is 0.241 e. The monoisotopic (exact) mass is 345 g/mol. The van der Waals surface area contributed by atoms with Gasteiger partial charge >= 0.3 is 0 Å². The lowest BCUT2D eigenvalue weighted by Gasteiger charge is -2.20. The summed E-state index contributed by atoms with van der Waals surface area (Å²) in [5, 5.41) is 2.71. The number of nitrogens with one attached hydrogen (secondary N) is 2. The number of hydrogen-bond donors (Lipinski definition) is 3. The first-order chi connectivity index (χ1) is 10.4. The van der Waals surface area contributed by atoms with E-state index in [0.717, 1.165) is 0 Å². The van der Waals surface area contributed by atoms with Crippen LogP contribution in [0.4, 0.5) is 0 Å². The SMILES string of the molecule is CSCCC(NS(=O)(=O)c1ccccc1)C(=O)N[C@@H](C)CN. The Balaban J connectivity index is 2.86. The van der Waals surface area contributed by atoms with E-state index in [4.69, 9.17) is 5.73 Å². The second-order valence-corrected chi connectivity index (χ2v) is 7.61. The molecular formula is C14H23N3O3S2. The largest absolute Gasteiger partial charge is 0.351 e. The highest BCUT2D eigenvalue weighted by Gasteiger charge is 2.25. The van der Waals surface area contributed by atoms with E-state index in [1.54, 1.807) is 36.9 Å². The molecule has 0 heterocycles. The molecule has 1 unspecified atom stereocenters. The average molecular weight is 345 g/mol. The Morgan fingerprint density at radius 3 is 2.50 bits per heavy atom. The van der Waals surface area contributed by atoms with Gasteiger partial charge < -0.3 is 11.1 Å². The van der Waals surface area contributed by atoms with Crippen LogP contribution in [0.1, 0.15) is 13.3 Å². The van der Waals surface area contributed by atoms with Gasteiger partial charge in [-0.3, -0.25) is 4.79 Å². The Kier molecular flexibility index (Phi) is 7.88. The number of rotatable bonds is 9. The van der Waals surface area contributed by atoms with Crippen molar-refractivity contribution in [3.63, 3.8) is 0 Å². The molecule has 2 atom stereocenters. The van der Waals surface area contributed by atoms with Crippen LogP contribution in [0.15, 0.2) is 35.2 Å². The lowest BCUT2D eigenvalue weighted by molar-refractivity contribution is -0.123. The minimum Gasteiger partial charge on any atom is -0.351 e. The van der Waals surface area contributed by atoms with E-state index in [9.17, 15) is 13.2 Å². The second kappa shape index (κ2) is 9.14. The van der Waals surface area contributed by atoms with Gasteiger partial charge in [-0.2, -0.15) is 16.5 Å². The van der Waals surface area contributed by atoms with Crippen molar-refractivity contribution >= 4 is 27.7 Å². The van der Waals surface area contributed by atoms with Gasteiger partial charge in [-0.05, 0) is 37.5 Å². The zero-order valence-electron chi connectivity index (χ0n) is 12.8. The number of sulfonamides is 1. The van der Waals surface area contributed by atoms with Crippen LogP contribution in [0.2, 0.25) is 0 Å². The molecule has 0 bridgehead atoms. The van der Waals surface area contributed by atoms with Crippen molar-refractivity contribution in [1.82, 2.24) is 10.0 Å². The molecule has 22 heavy (non-hydrogen) atoms. The van der Waals surface area contributed by atoms with Crippen molar-refractivity contribution < 1.29 is 13.2 Å². The molecule has 0 aliphatic carbocycles. The number of amides is 1. The molecule has 1 aromatic rings. The molecule has 6 nitrogen and oxygen atoms in total. The maximum absolute atomic E-state index is 12.3. The molecule has 0 radical (unpaired) electrons. The first-order valence-corrected chi connectivity index (χ1v) is 9.85. The van der Waals surface area contributed by atoms with Crippen molar-refractivity contribution in [2.45, 2.75) is 30.3 Å². The van der Waals surface area contributed by atoms with Crippen LogP contribution in [0.5, 0.6) is 0 Å². The quantitative estimate of drug-likeness (QED) is 0.607. The highest BCUT2D eigenvalue weighted by molar-refractivity contribution is 7.98. The van der Waals surface area contributed by atoms with Gasteiger partial charge in [-0.25, -0.2) is 8.42 Å². The lowest BCUT2D eigenvalue weighted by Crippen LogP contribution is -2.50. The number of hydrogen-bond acceptors (Lipinski definition) is 5. The summed E-state index contributed by atoms with van der Waals surface area (Å²) in [6.45, 7) is 2.07. The maximum atomic E-state index is 12.3. The molecule has 0 saturated carbocycles. The summed E-state index contributed by atoms with van der Waals surface area (Å²) in [6, 6.07) is 6.99. The van der Waals surface area contributed by atoms with Gasteiger partial charge in [0.2, 0.25) is 15.9 Å². The van der Waals surface area contributed by atoms with E-state index in [1.807, 2.05) is 6.26 Å². The lowest BCUT2D eigenvalue weighted by atomic mass is 10.2. The molecule has 124 valence electrons. The molecule has 8 heteroatoms. The molecule has 1 aromatic carbocycles. The van der Waals surface area contributed by atoms with E-state index in [-0.39, 0.29) is 16.8 Å². The van der Waals surface area contributed by atoms with Gasteiger partial charge in [-0.1, -0.05) is 18.2 Å². The summed E-state index contributed by atoms with van der Waals surface area (Å²) >= 11 is 1.55. The molecular weight excluding hydrogens is 322 g/mol. The van der Waals surface area contributed by atoms with Crippen LogP contribution in [0.25, 0.3) is 0 Å². The van der Waals surface area contributed by atoms with Crippen LogP contribution in [-0.4, -0.2) is 45.0 Å². The third kappa shape index (κ3) is 5.96. The third-order valence-corrected chi connectivity index (χ3v) is 5.15. The molecule has 0 fully saturated rings. The summed E-state index contributed by atoms with van der Waals surface area (Å²) in [6.07, 6.45) is 2.32. The Labute approximate surface area is 136 Å². The first kappa shape index (κ1) is 19.0. The van der Waals surface area contributed by atoms with Crippen LogP contribution >= 0.6 is 11.8 Å². The van der Waals surface area contributed by atoms with Crippen molar-refractivity contribution in [1.29, 1.82) is 0 Å². The van der Waals surface area contributed by atoms with Crippen LogP contribution < -0.4 is 15.8 Å². The summed E-state index contributed by atoms with van der Waals surface area (Å²) < 4.78 is 27.2. The highest BCUT2D eigenvalue weighted by Crippen LogP contribution is 2.10. The molecule has 0 aliphatic heterocycles. The van der Waals surface area contributed by atoms with E-state index in [1.165, 1.54) is 12.1 Å². The van der Waals surface area contributed by atoms with Gasteiger partial charge in [0, 0.05) is 12.6 Å². The second-order valence-electron chi connectivity index (χ2n) is 4.91. The Morgan fingerprint density at radius 2 is 1.95 bits per heavy atom. The minimum absolute atomic E-state index is 0.142. The van der Waals surface area contributed by atoms with Gasteiger partial charge in [-0.15, -0.1) is 0 Å². The van der Waals surface area contributed by atoms with E-state index >= 15 is 0 Å². The van der Waals surface area contributed by atoms with Gasteiger partial charge in [0.1, 0.15) is 6.04 Å². The molecule has 0 spiro atoms. The third-order valence-electron chi connectivity index (χ3n) is 3.02. The van der Waals surface area contributed by atoms with Crippen LogP contribution in [0.3, 0.4) is 0 Å². The summed E-state index contributed by atoms with van der Waals surface area (Å²) in [4.78, 5) is 12.4. The van der Waals surface area contributed by atoms with Crippen molar-refractivity contribution in [3.8, 4) is 0 Å². The fraction of sp³-hybridized carbons (Fsp3) is 0.500. The number of benzene rings is 1. The number of nitrogens with two attached hydrogens (primary N) is 1. The van der Waals surface area contributed by atoms with Gasteiger partial charge in [0.05, 0.1) is 4.90 Å². The van der Waals surface area contributed by atoms with Gasteiger partial charge in [0.15, 0.2) is 0 Å². The molecule has 0 aromatic heterocycles. The summed E-state index contributed by atoms with van der Waals surface area (Å²) in [7, 11) is -3.73.